The molecule has 1 atom stereocenters. The molecular weight excluding hydrogens is 288 g/mol. The number of hydrogen-bond acceptors (Lipinski definition) is 3. The van der Waals surface area contributed by atoms with Crippen molar-refractivity contribution < 1.29 is 9.53 Å². The van der Waals surface area contributed by atoms with Gasteiger partial charge in [-0.1, -0.05) is 26.2 Å². The van der Waals surface area contributed by atoms with Crippen LogP contribution in [0.3, 0.4) is 0 Å². The second kappa shape index (κ2) is 7.42. The molecule has 2 rings (SSSR count). The normalized spacial score (nSPS) is 23.3. The fourth-order valence-electron chi connectivity index (χ4n) is 3.46. The monoisotopic (exact) mass is 324 g/mol. The number of rotatable bonds is 5. The minimum absolute atomic E-state index is 0.161. The van der Waals surface area contributed by atoms with E-state index in [0.717, 1.165) is 38.4 Å². The predicted molar refractivity (Wildman–Crippen MR) is 94.6 cm³/mol. The quantitative estimate of drug-likeness (QED) is 0.824. The average molecular weight is 325 g/mol. The molecule has 0 spiro atoms. The van der Waals surface area contributed by atoms with E-state index < -0.39 is 5.60 Å². The van der Waals surface area contributed by atoms with Gasteiger partial charge in [0.1, 0.15) is 5.60 Å². The van der Waals surface area contributed by atoms with Crippen LogP contribution in [-0.4, -0.2) is 42.3 Å². The van der Waals surface area contributed by atoms with Crippen molar-refractivity contribution in [3.63, 3.8) is 0 Å². The molecule has 1 aliphatic heterocycles. The fourth-order valence-corrected chi connectivity index (χ4v) is 3.46. The molecule has 0 bridgehead atoms. The Bertz CT molecular complexity index is 391. The van der Waals surface area contributed by atoms with Crippen molar-refractivity contribution in [2.45, 2.75) is 84.8 Å². The molecule has 0 aromatic heterocycles. The Hall–Kier alpha value is -0.770. The maximum Gasteiger partial charge on any atom is 0.410 e. The highest BCUT2D eigenvalue weighted by molar-refractivity contribution is 5.68. The van der Waals surface area contributed by atoms with E-state index in [9.17, 15) is 4.79 Å². The summed E-state index contributed by atoms with van der Waals surface area (Å²) in [5, 5.41) is 3.74. The van der Waals surface area contributed by atoms with Crippen LogP contribution < -0.4 is 5.32 Å². The first kappa shape index (κ1) is 18.6. The zero-order chi connectivity index (χ0) is 17.1. The van der Waals surface area contributed by atoms with E-state index in [1.54, 1.807) is 0 Å². The Morgan fingerprint density at radius 1 is 1.30 bits per heavy atom. The van der Waals surface area contributed by atoms with Crippen LogP contribution in [0.5, 0.6) is 0 Å². The van der Waals surface area contributed by atoms with Crippen molar-refractivity contribution in [1.29, 1.82) is 0 Å². The molecule has 0 aromatic rings. The first-order valence-corrected chi connectivity index (χ1v) is 9.38. The number of likely N-dealkylation sites (tertiary alicyclic amines) is 1. The average Bonchev–Trinajstić information content (AvgIpc) is 2.40. The van der Waals surface area contributed by atoms with Crippen LogP contribution >= 0.6 is 0 Å². The van der Waals surface area contributed by atoms with E-state index in [-0.39, 0.29) is 6.09 Å². The van der Waals surface area contributed by atoms with Gasteiger partial charge < -0.3 is 15.0 Å². The largest absolute Gasteiger partial charge is 0.444 e. The van der Waals surface area contributed by atoms with Crippen molar-refractivity contribution >= 4 is 6.09 Å². The number of ether oxygens (including phenoxy) is 1. The molecule has 1 aliphatic carbocycles. The molecule has 134 valence electrons. The smallest absolute Gasteiger partial charge is 0.410 e. The molecule has 4 nitrogen and oxygen atoms in total. The van der Waals surface area contributed by atoms with Gasteiger partial charge in [-0.15, -0.1) is 0 Å². The highest BCUT2D eigenvalue weighted by atomic mass is 16.6. The fraction of sp³-hybridized carbons (Fsp3) is 0.947. The molecular formula is C19H36N2O2. The Kier molecular flexibility index (Phi) is 5.99. The van der Waals surface area contributed by atoms with E-state index in [2.05, 4.69) is 19.2 Å². The molecule has 1 heterocycles. The van der Waals surface area contributed by atoms with Gasteiger partial charge >= 0.3 is 6.09 Å². The van der Waals surface area contributed by atoms with Crippen molar-refractivity contribution in [3.05, 3.63) is 0 Å². The van der Waals surface area contributed by atoms with Crippen molar-refractivity contribution in [2.75, 3.05) is 19.6 Å². The molecule has 23 heavy (non-hydrogen) atoms. The molecule has 1 saturated carbocycles. The molecule has 1 amide bonds. The minimum Gasteiger partial charge on any atom is -0.444 e. The van der Waals surface area contributed by atoms with Crippen molar-refractivity contribution in [3.8, 4) is 0 Å². The van der Waals surface area contributed by atoms with Gasteiger partial charge in [0.05, 0.1) is 0 Å². The molecule has 0 radical (unpaired) electrons. The summed E-state index contributed by atoms with van der Waals surface area (Å²) in [7, 11) is 0. The minimum atomic E-state index is -0.406. The summed E-state index contributed by atoms with van der Waals surface area (Å²) in [6, 6.07) is 0.612. The van der Waals surface area contributed by atoms with Gasteiger partial charge in [-0.2, -0.15) is 0 Å². The van der Waals surface area contributed by atoms with E-state index in [1.165, 1.54) is 25.7 Å². The Balaban J connectivity index is 1.70. The molecule has 1 unspecified atom stereocenters. The van der Waals surface area contributed by atoms with Gasteiger partial charge in [0.25, 0.3) is 0 Å². The second-order valence-electron chi connectivity index (χ2n) is 9.09. The maximum absolute atomic E-state index is 12.1. The maximum atomic E-state index is 12.1. The lowest BCUT2D eigenvalue weighted by Crippen LogP contribution is -2.48. The van der Waals surface area contributed by atoms with Crippen LogP contribution in [0.4, 0.5) is 4.79 Å². The van der Waals surface area contributed by atoms with Crippen LogP contribution in [0, 0.1) is 11.3 Å². The SMILES string of the molecule is CC(CC1CCC1)NCC1(C)CCN(C(=O)OC(C)(C)C)CC1. The van der Waals surface area contributed by atoms with Crippen LogP contribution in [0.25, 0.3) is 0 Å². The van der Waals surface area contributed by atoms with Crippen LogP contribution in [0.15, 0.2) is 0 Å². The number of piperidine rings is 1. The van der Waals surface area contributed by atoms with Gasteiger partial charge in [0.15, 0.2) is 0 Å². The summed E-state index contributed by atoms with van der Waals surface area (Å²) in [4.78, 5) is 14.0. The standard InChI is InChI=1S/C19H36N2O2/c1-15(13-16-7-6-8-16)20-14-19(5)9-11-21(12-10-19)17(22)23-18(2,3)4/h15-16,20H,6-14H2,1-5H3. The summed E-state index contributed by atoms with van der Waals surface area (Å²) in [5.74, 6) is 0.958. The van der Waals surface area contributed by atoms with Gasteiger partial charge in [-0.25, -0.2) is 4.79 Å². The van der Waals surface area contributed by atoms with E-state index in [1.807, 2.05) is 25.7 Å². The van der Waals surface area contributed by atoms with Gasteiger partial charge in [-0.3, -0.25) is 0 Å². The molecule has 4 heteroatoms. The van der Waals surface area contributed by atoms with Crippen molar-refractivity contribution in [1.82, 2.24) is 10.2 Å². The summed E-state index contributed by atoms with van der Waals surface area (Å²) >= 11 is 0. The topological polar surface area (TPSA) is 41.6 Å². The Morgan fingerprint density at radius 3 is 2.39 bits per heavy atom. The molecule has 2 fully saturated rings. The third-order valence-electron chi connectivity index (χ3n) is 5.41. The van der Waals surface area contributed by atoms with Crippen LogP contribution in [0.1, 0.15) is 73.1 Å². The lowest BCUT2D eigenvalue weighted by Gasteiger charge is -2.40. The summed E-state index contributed by atoms with van der Waals surface area (Å²) in [6.45, 7) is 13.1. The zero-order valence-corrected chi connectivity index (χ0v) is 15.8. The first-order valence-electron chi connectivity index (χ1n) is 9.38. The highest BCUT2D eigenvalue weighted by Crippen LogP contribution is 2.33. The first-order chi connectivity index (χ1) is 10.7. The zero-order valence-electron chi connectivity index (χ0n) is 15.8. The van der Waals surface area contributed by atoms with Crippen LogP contribution in [-0.2, 0) is 4.74 Å². The lowest BCUT2D eigenvalue weighted by atomic mass is 9.79. The van der Waals surface area contributed by atoms with E-state index in [4.69, 9.17) is 4.74 Å². The highest BCUT2D eigenvalue weighted by Gasteiger charge is 2.33. The Labute approximate surface area is 142 Å². The molecule has 1 saturated heterocycles. The van der Waals surface area contributed by atoms with Crippen LogP contribution in [0.2, 0.25) is 0 Å². The van der Waals surface area contributed by atoms with Gasteiger partial charge in [0.2, 0.25) is 0 Å². The third-order valence-corrected chi connectivity index (χ3v) is 5.41. The number of hydrogen-bond donors (Lipinski definition) is 1. The van der Waals surface area contributed by atoms with Crippen molar-refractivity contribution in [2.24, 2.45) is 11.3 Å². The van der Waals surface area contributed by atoms with Gasteiger partial charge in [0, 0.05) is 25.7 Å². The number of carbonyl (C=O) groups is 1. The van der Waals surface area contributed by atoms with E-state index >= 15 is 0 Å². The number of amides is 1. The number of nitrogens with one attached hydrogen (secondary N) is 1. The van der Waals surface area contributed by atoms with E-state index in [0.29, 0.717) is 11.5 Å². The Morgan fingerprint density at radius 2 is 1.91 bits per heavy atom. The summed E-state index contributed by atoms with van der Waals surface area (Å²) in [5.41, 5.74) is -0.108. The predicted octanol–water partition coefficient (Wildman–Crippen LogP) is 4.19. The number of nitrogens with zero attached hydrogens (tertiary/aromatic N) is 1. The summed E-state index contributed by atoms with van der Waals surface area (Å²) < 4.78 is 5.48. The van der Waals surface area contributed by atoms with Gasteiger partial charge in [-0.05, 0) is 58.3 Å². The third kappa shape index (κ3) is 5.98. The second-order valence-corrected chi connectivity index (χ2v) is 9.09. The molecule has 0 aromatic carbocycles. The number of carbonyl (C=O) groups excluding carboxylic acids is 1. The molecule has 1 N–H and O–H groups in total. The molecule has 2 aliphatic rings. The summed E-state index contributed by atoms with van der Waals surface area (Å²) in [6.07, 6.45) is 7.54. The lowest BCUT2D eigenvalue weighted by molar-refractivity contribution is 0.0116.